The van der Waals surface area contributed by atoms with Gasteiger partial charge in [-0.15, -0.1) is 0 Å². The summed E-state index contributed by atoms with van der Waals surface area (Å²) in [6.45, 7) is 11.8. The summed E-state index contributed by atoms with van der Waals surface area (Å²) in [5.74, 6) is 0.493. The Morgan fingerprint density at radius 1 is 1.22 bits per heavy atom. The largest absolute Gasteiger partial charge is 0.357 e. The lowest BCUT2D eigenvalue weighted by molar-refractivity contribution is 0.591. The van der Waals surface area contributed by atoms with Crippen LogP contribution in [0.4, 0.5) is 0 Å². The first-order valence-corrected chi connectivity index (χ1v) is 6.69. The van der Waals surface area contributed by atoms with E-state index in [0.29, 0.717) is 12.5 Å². The van der Waals surface area contributed by atoms with Crippen LogP contribution in [0.15, 0.2) is 18.2 Å². The molecule has 3 N–H and O–H groups in total. The third-order valence-electron chi connectivity index (χ3n) is 3.57. The molecule has 1 aromatic heterocycles. The second-order valence-electron chi connectivity index (χ2n) is 6.39. The van der Waals surface area contributed by atoms with Gasteiger partial charge in [-0.25, -0.2) is 0 Å². The first-order valence-electron chi connectivity index (χ1n) is 6.69. The van der Waals surface area contributed by atoms with Crippen LogP contribution < -0.4 is 5.73 Å². The van der Waals surface area contributed by atoms with Crippen molar-refractivity contribution < 1.29 is 0 Å². The average Bonchev–Trinajstić information content (AvgIpc) is 2.64. The van der Waals surface area contributed by atoms with Crippen LogP contribution in [-0.2, 0) is 12.0 Å². The quantitative estimate of drug-likeness (QED) is 0.822. The summed E-state index contributed by atoms with van der Waals surface area (Å²) in [6, 6.07) is 6.71. The van der Waals surface area contributed by atoms with Gasteiger partial charge in [-0.2, -0.15) is 0 Å². The van der Waals surface area contributed by atoms with Crippen molar-refractivity contribution in [2.75, 3.05) is 0 Å². The van der Waals surface area contributed by atoms with Crippen LogP contribution in [0.3, 0.4) is 0 Å². The number of hydrogen-bond acceptors (Lipinski definition) is 1. The topological polar surface area (TPSA) is 41.8 Å². The van der Waals surface area contributed by atoms with E-state index < -0.39 is 0 Å². The summed E-state index contributed by atoms with van der Waals surface area (Å²) in [7, 11) is 0. The van der Waals surface area contributed by atoms with Crippen LogP contribution in [0.2, 0.25) is 0 Å². The van der Waals surface area contributed by atoms with Crippen LogP contribution in [0.5, 0.6) is 0 Å². The molecule has 0 bridgehead atoms. The van der Waals surface area contributed by atoms with Gasteiger partial charge in [0.1, 0.15) is 0 Å². The summed E-state index contributed by atoms with van der Waals surface area (Å²) in [5, 5.41) is 1.33. The number of aromatic amines is 1. The predicted molar refractivity (Wildman–Crippen MR) is 79.0 cm³/mol. The van der Waals surface area contributed by atoms with Crippen molar-refractivity contribution in [3.8, 4) is 0 Å². The molecule has 2 rings (SSSR count). The van der Waals surface area contributed by atoms with E-state index in [2.05, 4.69) is 57.8 Å². The smallest absolute Gasteiger partial charge is 0.0459 e. The van der Waals surface area contributed by atoms with Crippen molar-refractivity contribution in [3.05, 3.63) is 35.0 Å². The molecule has 1 heterocycles. The summed E-state index contributed by atoms with van der Waals surface area (Å²) in [4.78, 5) is 3.45. The van der Waals surface area contributed by atoms with Crippen molar-refractivity contribution >= 4 is 10.9 Å². The fraction of sp³-hybridized carbons (Fsp3) is 0.500. The molecule has 0 amide bonds. The molecule has 0 aliphatic rings. The van der Waals surface area contributed by atoms with Gasteiger partial charge in [-0.05, 0) is 34.6 Å². The lowest BCUT2D eigenvalue weighted by atomic mass is 9.85. The van der Waals surface area contributed by atoms with Gasteiger partial charge < -0.3 is 10.7 Å². The van der Waals surface area contributed by atoms with Gasteiger partial charge in [0, 0.05) is 23.1 Å². The first-order chi connectivity index (χ1) is 8.34. The Labute approximate surface area is 110 Å². The third-order valence-corrected chi connectivity index (χ3v) is 3.57. The highest BCUT2D eigenvalue weighted by molar-refractivity contribution is 5.86. The zero-order valence-electron chi connectivity index (χ0n) is 12.1. The monoisotopic (exact) mass is 244 g/mol. The molecule has 0 unspecified atom stereocenters. The molecule has 0 fully saturated rings. The molecule has 0 saturated heterocycles. The van der Waals surface area contributed by atoms with E-state index in [9.17, 15) is 0 Å². The Kier molecular flexibility index (Phi) is 3.24. The number of aromatic nitrogens is 1. The predicted octanol–water partition coefficient (Wildman–Crippen LogP) is 4.05. The molecule has 0 atom stereocenters. The molecule has 18 heavy (non-hydrogen) atoms. The van der Waals surface area contributed by atoms with Crippen LogP contribution in [0, 0.1) is 0 Å². The maximum absolute atomic E-state index is 5.84. The first kappa shape index (κ1) is 13.2. The Morgan fingerprint density at radius 2 is 1.89 bits per heavy atom. The molecule has 2 nitrogen and oxygen atoms in total. The fourth-order valence-corrected chi connectivity index (χ4v) is 2.56. The van der Waals surface area contributed by atoms with Gasteiger partial charge in [0.25, 0.3) is 0 Å². The van der Waals surface area contributed by atoms with E-state index >= 15 is 0 Å². The maximum Gasteiger partial charge on any atom is 0.0459 e. The normalized spacial score (nSPS) is 12.6. The standard InChI is InChI=1S/C16H24N2/c1-10(2)15-12-8-11(16(3,4)5)6-7-13(12)18-14(15)9-17/h6-8,10,18H,9,17H2,1-5H3. The van der Waals surface area contributed by atoms with E-state index in [1.807, 2.05) is 0 Å². The van der Waals surface area contributed by atoms with E-state index in [-0.39, 0.29) is 5.41 Å². The number of hydrogen-bond donors (Lipinski definition) is 2. The van der Waals surface area contributed by atoms with Crippen molar-refractivity contribution in [1.29, 1.82) is 0 Å². The number of nitrogens with two attached hydrogens (primary N) is 1. The van der Waals surface area contributed by atoms with Crippen molar-refractivity contribution in [3.63, 3.8) is 0 Å². The van der Waals surface area contributed by atoms with Crippen molar-refractivity contribution in [2.24, 2.45) is 5.73 Å². The van der Waals surface area contributed by atoms with E-state index in [0.717, 1.165) is 0 Å². The zero-order valence-corrected chi connectivity index (χ0v) is 12.1. The minimum Gasteiger partial charge on any atom is -0.357 e. The molecule has 0 aliphatic heterocycles. The summed E-state index contributed by atoms with van der Waals surface area (Å²) in [5.41, 5.74) is 11.1. The van der Waals surface area contributed by atoms with Gasteiger partial charge in [0.2, 0.25) is 0 Å². The highest BCUT2D eigenvalue weighted by Gasteiger charge is 2.18. The lowest BCUT2D eigenvalue weighted by Crippen LogP contribution is -2.10. The minimum absolute atomic E-state index is 0.183. The van der Waals surface area contributed by atoms with Crippen molar-refractivity contribution in [2.45, 2.75) is 52.5 Å². The molecule has 98 valence electrons. The Balaban J connectivity index is 2.71. The Morgan fingerprint density at radius 3 is 2.39 bits per heavy atom. The molecule has 0 radical (unpaired) electrons. The van der Waals surface area contributed by atoms with Gasteiger partial charge in [0.05, 0.1) is 0 Å². The highest BCUT2D eigenvalue weighted by Crippen LogP contribution is 2.32. The maximum atomic E-state index is 5.84. The minimum atomic E-state index is 0.183. The average molecular weight is 244 g/mol. The van der Waals surface area contributed by atoms with E-state index in [4.69, 9.17) is 5.73 Å². The van der Waals surface area contributed by atoms with Crippen LogP contribution in [0.25, 0.3) is 10.9 Å². The number of nitrogens with one attached hydrogen (secondary N) is 1. The number of fused-ring (bicyclic) bond motifs is 1. The summed E-state index contributed by atoms with van der Waals surface area (Å²) >= 11 is 0. The van der Waals surface area contributed by atoms with Crippen LogP contribution >= 0.6 is 0 Å². The lowest BCUT2D eigenvalue weighted by Gasteiger charge is -2.19. The summed E-state index contributed by atoms with van der Waals surface area (Å²) < 4.78 is 0. The molecular weight excluding hydrogens is 220 g/mol. The van der Waals surface area contributed by atoms with E-state index in [1.165, 1.54) is 27.7 Å². The van der Waals surface area contributed by atoms with Gasteiger partial charge in [0.15, 0.2) is 0 Å². The van der Waals surface area contributed by atoms with Crippen molar-refractivity contribution in [1.82, 2.24) is 4.98 Å². The van der Waals surface area contributed by atoms with Gasteiger partial charge >= 0.3 is 0 Å². The second kappa shape index (κ2) is 4.43. The van der Waals surface area contributed by atoms with Crippen LogP contribution in [-0.4, -0.2) is 4.98 Å². The number of rotatable bonds is 2. The Hall–Kier alpha value is -1.28. The molecule has 2 heteroatoms. The molecule has 0 saturated carbocycles. The number of benzene rings is 1. The molecule has 2 aromatic rings. The molecule has 1 aromatic carbocycles. The fourth-order valence-electron chi connectivity index (χ4n) is 2.56. The zero-order chi connectivity index (χ0) is 13.5. The van der Waals surface area contributed by atoms with E-state index in [1.54, 1.807) is 0 Å². The second-order valence-corrected chi connectivity index (χ2v) is 6.39. The molecular formula is C16H24N2. The highest BCUT2D eigenvalue weighted by atomic mass is 14.8. The summed E-state index contributed by atoms with van der Waals surface area (Å²) in [6.07, 6.45) is 0. The Bertz CT molecular complexity index is 556. The molecule has 0 aliphatic carbocycles. The molecule has 0 spiro atoms. The van der Waals surface area contributed by atoms with Crippen LogP contribution in [0.1, 0.15) is 57.4 Å². The SMILES string of the molecule is CC(C)c1c(CN)[nH]c2ccc(C(C)(C)C)cc12. The van der Waals surface area contributed by atoms with Gasteiger partial charge in [-0.3, -0.25) is 0 Å². The number of H-pyrrole nitrogens is 1. The van der Waals surface area contributed by atoms with Gasteiger partial charge in [-0.1, -0.05) is 40.7 Å². The third kappa shape index (κ3) is 2.17.